The van der Waals surface area contributed by atoms with Crippen molar-refractivity contribution in [1.29, 1.82) is 0 Å². The SMILES string of the molecule is CC1C=CC=C(O)C=C1CCC1CCCCC2(C)C(O)CCC12. The van der Waals surface area contributed by atoms with Gasteiger partial charge in [0, 0.05) is 0 Å². The van der Waals surface area contributed by atoms with Gasteiger partial charge >= 0.3 is 0 Å². The van der Waals surface area contributed by atoms with E-state index in [2.05, 4.69) is 19.9 Å². The molecule has 5 atom stereocenters. The maximum absolute atomic E-state index is 10.5. The Labute approximate surface area is 141 Å². The summed E-state index contributed by atoms with van der Waals surface area (Å²) in [5.74, 6) is 2.19. The highest BCUT2D eigenvalue weighted by Crippen LogP contribution is 2.54. The van der Waals surface area contributed by atoms with Crippen molar-refractivity contribution >= 4 is 0 Å². The van der Waals surface area contributed by atoms with Crippen LogP contribution in [0.2, 0.25) is 0 Å². The van der Waals surface area contributed by atoms with Crippen molar-refractivity contribution < 1.29 is 10.2 Å². The summed E-state index contributed by atoms with van der Waals surface area (Å²) in [7, 11) is 0. The lowest BCUT2D eigenvalue weighted by atomic mass is 9.69. The number of hydrogen-bond donors (Lipinski definition) is 2. The molecule has 3 rings (SSSR count). The van der Waals surface area contributed by atoms with Crippen LogP contribution >= 0.6 is 0 Å². The molecular weight excluding hydrogens is 284 g/mol. The van der Waals surface area contributed by atoms with Gasteiger partial charge in [0.05, 0.1) is 6.10 Å². The van der Waals surface area contributed by atoms with Crippen molar-refractivity contribution in [1.82, 2.24) is 0 Å². The Bertz CT molecular complexity index is 516. The summed E-state index contributed by atoms with van der Waals surface area (Å²) in [4.78, 5) is 0. The van der Waals surface area contributed by atoms with Crippen LogP contribution in [0.15, 0.2) is 35.6 Å². The lowest BCUT2D eigenvalue weighted by molar-refractivity contribution is 0.0191. The van der Waals surface area contributed by atoms with Gasteiger partial charge in [-0.1, -0.05) is 50.8 Å². The quantitative estimate of drug-likeness (QED) is 0.741. The molecule has 2 nitrogen and oxygen atoms in total. The van der Waals surface area contributed by atoms with Crippen molar-refractivity contribution in [3.8, 4) is 0 Å². The van der Waals surface area contributed by atoms with Gasteiger partial charge in [0.15, 0.2) is 0 Å². The number of hydrogen-bond acceptors (Lipinski definition) is 2. The van der Waals surface area contributed by atoms with Crippen molar-refractivity contribution in [3.63, 3.8) is 0 Å². The van der Waals surface area contributed by atoms with Crippen LogP contribution in [-0.2, 0) is 0 Å². The van der Waals surface area contributed by atoms with E-state index in [0.717, 1.165) is 18.8 Å². The summed E-state index contributed by atoms with van der Waals surface area (Å²) < 4.78 is 0. The van der Waals surface area contributed by atoms with Crippen molar-refractivity contribution in [2.24, 2.45) is 23.2 Å². The molecule has 0 bridgehead atoms. The third-order valence-electron chi connectivity index (χ3n) is 6.86. The molecule has 0 saturated heterocycles. The van der Waals surface area contributed by atoms with Gasteiger partial charge in [-0.2, -0.15) is 0 Å². The number of allylic oxidation sites excluding steroid dienone is 5. The van der Waals surface area contributed by atoms with Gasteiger partial charge in [-0.15, -0.1) is 0 Å². The minimum absolute atomic E-state index is 0.0981. The Balaban J connectivity index is 1.69. The zero-order valence-corrected chi connectivity index (χ0v) is 14.7. The lowest BCUT2D eigenvalue weighted by Crippen LogP contribution is -2.34. The molecule has 2 heteroatoms. The number of fused-ring (bicyclic) bond motifs is 1. The molecule has 0 heterocycles. The molecule has 2 fully saturated rings. The molecule has 5 unspecified atom stereocenters. The first kappa shape index (κ1) is 16.8. The monoisotopic (exact) mass is 316 g/mol. The maximum atomic E-state index is 10.5. The van der Waals surface area contributed by atoms with E-state index in [0.29, 0.717) is 17.6 Å². The third kappa shape index (κ3) is 3.42. The molecule has 0 aromatic heterocycles. The number of aliphatic hydroxyl groups excluding tert-OH is 2. The summed E-state index contributed by atoms with van der Waals surface area (Å²) in [5, 5.41) is 20.4. The molecule has 3 aliphatic carbocycles. The van der Waals surface area contributed by atoms with Gasteiger partial charge in [-0.25, -0.2) is 0 Å². The summed E-state index contributed by atoms with van der Waals surface area (Å²) in [6.45, 7) is 4.55. The van der Waals surface area contributed by atoms with Crippen molar-refractivity contribution in [2.45, 2.75) is 71.3 Å². The molecule has 2 N–H and O–H groups in total. The fraction of sp³-hybridized carbons (Fsp3) is 0.714. The Morgan fingerprint density at radius 3 is 2.87 bits per heavy atom. The molecule has 128 valence electrons. The van der Waals surface area contributed by atoms with Gasteiger partial charge in [0.1, 0.15) is 5.76 Å². The smallest absolute Gasteiger partial charge is 0.115 e. The molecular formula is C21H32O2. The fourth-order valence-electron chi connectivity index (χ4n) is 5.30. The second-order valence-corrected chi connectivity index (χ2v) is 8.23. The molecule has 0 aromatic rings. The van der Waals surface area contributed by atoms with Crippen LogP contribution in [0.3, 0.4) is 0 Å². The molecule has 0 radical (unpaired) electrons. The standard InChI is InChI=1S/C21H32O2/c1-15-6-5-8-18(22)14-17(15)10-9-16-7-3-4-13-21(2)19(16)11-12-20(21)23/h5-6,8,14-16,19-20,22-23H,3-4,7,9-13H2,1-2H3. The number of rotatable bonds is 3. The Hall–Kier alpha value is -1.02. The Morgan fingerprint density at radius 2 is 2.04 bits per heavy atom. The normalized spacial score (nSPS) is 40.8. The molecule has 2 saturated carbocycles. The second kappa shape index (κ2) is 6.84. The van der Waals surface area contributed by atoms with Crippen LogP contribution in [0.4, 0.5) is 0 Å². The zero-order valence-electron chi connectivity index (χ0n) is 14.7. The van der Waals surface area contributed by atoms with Crippen LogP contribution < -0.4 is 0 Å². The minimum Gasteiger partial charge on any atom is -0.508 e. The molecule has 0 aromatic carbocycles. The van der Waals surface area contributed by atoms with E-state index in [1.165, 1.54) is 44.1 Å². The van der Waals surface area contributed by atoms with Crippen LogP contribution in [-0.4, -0.2) is 16.3 Å². The van der Waals surface area contributed by atoms with E-state index in [1.54, 1.807) is 6.08 Å². The van der Waals surface area contributed by atoms with Crippen LogP contribution in [0.25, 0.3) is 0 Å². The summed E-state index contributed by atoms with van der Waals surface area (Å²) >= 11 is 0. The Morgan fingerprint density at radius 1 is 1.22 bits per heavy atom. The van der Waals surface area contributed by atoms with E-state index in [-0.39, 0.29) is 11.5 Å². The van der Waals surface area contributed by atoms with Gasteiger partial charge in [-0.3, -0.25) is 0 Å². The maximum Gasteiger partial charge on any atom is 0.115 e. The highest BCUT2D eigenvalue weighted by atomic mass is 16.3. The summed E-state index contributed by atoms with van der Waals surface area (Å²) in [6.07, 6.45) is 17.3. The van der Waals surface area contributed by atoms with Crippen molar-refractivity contribution in [2.75, 3.05) is 0 Å². The average molecular weight is 316 g/mol. The molecule has 0 spiro atoms. The van der Waals surface area contributed by atoms with Crippen LogP contribution in [0.5, 0.6) is 0 Å². The predicted octanol–water partition coefficient (Wildman–Crippen LogP) is 5.31. The summed E-state index contributed by atoms with van der Waals surface area (Å²) in [6, 6.07) is 0. The second-order valence-electron chi connectivity index (χ2n) is 8.23. The Kier molecular flexibility index (Phi) is 5.01. The first-order valence-electron chi connectivity index (χ1n) is 9.46. The van der Waals surface area contributed by atoms with E-state index in [4.69, 9.17) is 0 Å². The summed E-state index contributed by atoms with van der Waals surface area (Å²) in [5.41, 5.74) is 1.49. The van der Waals surface area contributed by atoms with Gasteiger partial charge in [0.25, 0.3) is 0 Å². The first-order valence-corrected chi connectivity index (χ1v) is 9.46. The highest BCUT2D eigenvalue weighted by molar-refractivity contribution is 5.29. The average Bonchev–Trinajstić information content (AvgIpc) is 2.66. The van der Waals surface area contributed by atoms with Crippen LogP contribution in [0, 0.1) is 23.2 Å². The molecule has 0 amide bonds. The zero-order chi connectivity index (χ0) is 16.4. The van der Waals surface area contributed by atoms with E-state index in [1.807, 2.05) is 12.2 Å². The van der Waals surface area contributed by atoms with Gasteiger partial charge in [-0.05, 0) is 67.4 Å². The lowest BCUT2D eigenvalue weighted by Gasteiger charge is -2.37. The minimum atomic E-state index is -0.0981. The molecule has 0 aliphatic heterocycles. The topological polar surface area (TPSA) is 40.5 Å². The van der Waals surface area contributed by atoms with Gasteiger partial charge in [0.2, 0.25) is 0 Å². The van der Waals surface area contributed by atoms with E-state index < -0.39 is 0 Å². The van der Waals surface area contributed by atoms with E-state index >= 15 is 0 Å². The predicted molar refractivity (Wildman–Crippen MR) is 95.1 cm³/mol. The fourth-order valence-corrected chi connectivity index (χ4v) is 5.30. The highest BCUT2D eigenvalue weighted by Gasteiger charge is 2.49. The third-order valence-corrected chi connectivity index (χ3v) is 6.86. The van der Waals surface area contributed by atoms with E-state index in [9.17, 15) is 10.2 Å². The largest absolute Gasteiger partial charge is 0.508 e. The first-order chi connectivity index (χ1) is 11.0. The van der Waals surface area contributed by atoms with Crippen LogP contribution in [0.1, 0.15) is 65.2 Å². The van der Waals surface area contributed by atoms with Crippen molar-refractivity contribution in [3.05, 3.63) is 35.6 Å². The molecule has 23 heavy (non-hydrogen) atoms. The molecule has 3 aliphatic rings. The van der Waals surface area contributed by atoms with Gasteiger partial charge < -0.3 is 10.2 Å². The number of aliphatic hydroxyl groups is 2.